The number of hydrogen-bond donors (Lipinski definition) is 7. The lowest BCUT2D eigenvalue weighted by Gasteiger charge is -2.60. The standard InChI is InChI=1S/C39H62O14/c1-17-7-10-39(48-16-17)18(2)27-24(53-39)12-22-21-6-5-19-11-20(8-9-37(19,3)28(21)23(42)13-38(22,27)4)49-35-33(47)31(45)34(26(15-41)51-35)52-36-32(46)30(44)29(43)25(14-40)50-36/h17-22,24-36,40-41,43-47H,5-16H2,1-4H3/t17-,18?,19+,20+,21+,22+,24?,25-,26-,27?,28-,29-,30+,31-,32-,33-,34-,35-,36+,37+,38+,39-/m1/s1. The van der Waals surface area contributed by atoms with Crippen LogP contribution in [-0.2, 0) is 33.2 Å². The largest absolute Gasteiger partial charge is 0.394 e. The minimum Gasteiger partial charge on any atom is -0.394 e. The molecule has 0 aromatic carbocycles. The minimum absolute atomic E-state index is 0.0208. The van der Waals surface area contributed by atoms with Gasteiger partial charge in [0.1, 0.15) is 54.6 Å². The van der Waals surface area contributed by atoms with Crippen molar-refractivity contribution in [2.45, 2.75) is 165 Å². The Morgan fingerprint density at radius 2 is 1.47 bits per heavy atom. The zero-order valence-corrected chi connectivity index (χ0v) is 31.4. The maximum atomic E-state index is 14.5. The zero-order valence-electron chi connectivity index (χ0n) is 31.4. The van der Waals surface area contributed by atoms with E-state index in [4.69, 9.17) is 28.4 Å². The Balaban J connectivity index is 0.911. The van der Waals surface area contributed by atoms with Crippen LogP contribution in [0.1, 0.15) is 85.5 Å². The molecule has 8 aliphatic rings. The molecule has 4 aliphatic carbocycles. The van der Waals surface area contributed by atoms with Crippen LogP contribution in [0, 0.1) is 52.3 Å². The first-order valence-corrected chi connectivity index (χ1v) is 20.2. The van der Waals surface area contributed by atoms with Gasteiger partial charge in [0.05, 0.1) is 32.0 Å². The molecule has 4 aliphatic heterocycles. The van der Waals surface area contributed by atoms with Crippen molar-refractivity contribution < 1.29 is 69.0 Å². The van der Waals surface area contributed by atoms with Crippen LogP contribution in [0.15, 0.2) is 0 Å². The molecule has 0 aromatic heterocycles. The topological polar surface area (TPSA) is 214 Å². The summed E-state index contributed by atoms with van der Waals surface area (Å²) < 4.78 is 36.8. The molecule has 53 heavy (non-hydrogen) atoms. The van der Waals surface area contributed by atoms with Gasteiger partial charge in [0.25, 0.3) is 0 Å². The van der Waals surface area contributed by atoms with Crippen LogP contribution in [0.2, 0.25) is 0 Å². The van der Waals surface area contributed by atoms with Gasteiger partial charge < -0.3 is 64.2 Å². The average molecular weight is 755 g/mol. The zero-order chi connectivity index (χ0) is 37.8. The lowest BCUT2D eigenvalue weighted by atomic mass is 9.44. The van der Waals surface area contributed by atoms with Crippen molar-refractivity contribution in [1.29, 1.82) is 0 Å². The van der Waals surface area contributed by atoms with E-state index >= 15 is 0 Å². The van der Waals surface area contributed by atoms with Crippen molar-refractivity contribution in [1.82, 2.24) is 0 Å². The highest BCUT2D eigenvalue weighted by molar-refractivity contribution is 5.84. The van der Waals surface area contributed by atoms with Crippen LogP contribution in [0.4, 0.5) is 0 Å². The first-order chi connectivity index (χ1) is 25.2. The monoisotopic (exact) mass is 754 g/mol. The number of Topliss-reactive ketones (excluding diaryl/α,β-unsaturated/α-hetero) is 1. The second-order valence-corrected chi connectivity index (χ2v) is 18.7. The number of aliphatic hydroxyl groups is 7. The molecule has 7 N–H and O–H groups in total. The SMILES string of the molecule is CC1C2C(C[C@H]3[C@@H]4CC[C@H]5C[C@@H](O[C@@H]6O[C@H](CO)[C@@H](O[C@@H]7O[C@H](CO)[C@@H](O)[C@H](O)[C@H]7O)[C@H](O)[C@H]6O)CC[C@]5(C)[C@H]4C(=O)C[C@]23C)O[C@]12CC[C@@H](C)CO2. The molecular weight excluding hydrogens is 692 g/mol. The summed E-state index contributed by atoms with van der Waals surface area (Å²) in [6, 6.07) is 0. The van der Waals surface area contributed by atoms with E-state index < -0.39 is 80.4 Å². The third-order valence-electron chi connectivity index (χ3n) is 15.9. The number of rotatable bonds is 6. The Bertz CT molecular complexity index is 1340. The molecule has 14 nitrogen and oxygen atoms in total. The van der Waals surface area contributed by atoms with Gasteiger partial charge in [0, 0.05) is 24.7 Å². The van der Waals surface area contributed by atoms with E-state index in [0.29, 0.717) is 48.7 Å². The number of carbonyl (C=O) groups excluding carboxylic acids is 1. The molecule has 4 saturated carbocycles. The smallest absolute Gasteiger partial charge is 0.187 e. The number of carbonyl (C=O) groups is 1. The third kappa shape index (κ3) is 6.12. The lowest BCUT2D eigenvalue weighted by Crippen LogP contribution is -2.65. The highest BCUT2D eigenvalue weighted by Crippen LogP contribution is 2.70. The van der Waals surface area contributed by atoms with Gasteiger partial charge in [-0.25, -0.2) is 0 Å². The fourth-order valence-electron chi connectivity index (χ4n) is 13.0. The van der Waals surface area contributed by atoms with E-state index in [1.54, 1.807) is 0 Å². The van der Waals surface area contributed by atoms with Crippen LogP contribution >= 0.6 is 0 Å². The summed E-state index contributed by atoms with van der Waals surface area (Å²) in [5.74, 6) is 1.91. The summed E-state index contributed by atoms with van der Waals surface area (Å²) in [6.45, 7) is 8.63. The Hall–Kier alpha value is -0.850. The van der Waals surface area contributed by atoms with Crippen molar-refractivity contribution in [2.75, 3.05) is 19.8 Å². The quantitative estimate of drug-likeness (QED) is 0.185. The van der Waals surface area contributed by atoms with Crippen LogP contribution in [0.5, 0.6) is 0 Å². The normalized spacial score (nSPS) is 58.2. The Labute approximate surface area is 311 Å². The van der Waals surface area contributed by atoms with E-state index in [-0.39, 0.29) is 40.8 Å². The molecule has 1 spiro atoms. The number of hydrogen-bond acceptors (Lipinski definition) is 14. The van der Waals surface area contributed by atoms with E-state index in [0.717, 1.165) is 45.1 Å². The van der Waals surface area contributed by atoms with Gasteiger partial charge in [-0.1, -0.05) is 27.7 Å². The van der Waals surface area contributed by atoms with Gasteiger partial charge in [0.2, 0.25) is 0 Å². The van der Waals surface area contributed by atoms with E-state index in [1.807, 2.05) is 0 Å². The lowest BCUT2D eigenvalue weighted by molar-refractivity contribution is -0.364. The molecule has 14 heteroatoms. The Morgan fingerprint density at radius 3 is 2.17 bits per heavy atom. The van der Waals surface area contributed by atoms with Gasteiger partial charge in [-0.2, -0.15) is 0 Å². The number of ketones is 1. The molecule has 0 aromatic rings. The number of ether oxygens (including phenoxy) is 6. The second-order valence-electron chi connectivity index (χ2n) is 18.7. The Morgan fingerprint density at radius 1 is 0.774 bits per heavy atom. The summed E-state index contributed by atoms with van der Waals surface area (Å²) in [4.78, 5) is 14.5. The fraction of sp³-hybridized carbons (Fsp3) is 0.974. The first kappa shape index (κ1) is 39.0. The number of fused-ring (bicyclic) bond motifs is 7. The highest BCUT2D eigenvalue weighted by Gasteiger charge is 2.71. The molecule has 4 heterocycles. The molecule has 8 fully saturated rings. The van der Waals surface area contributed by atoms with Gasteiger partial charge in [0.15, 0.2) is 18.4 Å². The molecule has 0 radical (unpaired) electrons. The molecule has 8 rings (SSSR count). The summed E-state index contributed by atoms with van der Waals surface area (Å²) in [5, 5.41) is 72.7. The predicted octanol–water partition coefficient (Wildman–Crippen LogP) is 0.621. The molecule has 3 unspecified atom stereocenters. The average Bonchev–Trinajstić information content (AvgIpc) is 3.57. The van der Waals surface area contributed by atoms with E-state index in [2.05, 4.69) is 27.7 Å². The van der Waals surface area contributed by atoms with Gasteiger partial charge in [-0.15, -0.1) is 0 Å². The summed E-state index contributed by atoms with van der Waals surface area (Å²) >= 11 is 0. The van der Waals surface area contributed by atoms with Crippen LogP contribution in [-0.4, -0.2) is 141 Å². The minimum atomic E-state index is -1.74. The third-order valence-corrected chi connectivity index (χ3v) is 15.9. The van der Waals surface area contributed by atoms with Gasteiger partial charge in [-0.05, 0) is 85.4 Å². The number of aliphatic hydroxyl groups excluding tert-OH is 7. The van der Waals surface area contributed by atoms with E-state index in [9.17, 15) is 40.5 Å². The Kier molecular flexibility index (Phi) is 10.5. The second kappa shape index (κ2) is 14.2. The highest BCUT2D eigenvalue weighted by atomic mass is 16.7. The molecule has 4 saturated heterocycles. The van der Waals surface area contributed by atoms with Crippen molar-refractivity contribution >= 4 is 5.78 Å². The van der Waals surface area contributed by atoms with Crippen molar-refractivity contribution in [3.05, 3.63) is 0 Å². The molecular formula is C39H62O14. The van der Waals surface area contributed by atoms with Crippen LogP contribution < -0.4 is 0 Å². The van der Waals surface area contributed by atoms with Gasteiger partial charge in [-0.3, -0.25) is 4.79 Å². The maximum Gasteiger partial charge on any atom is 0.187 e. The predicted molar refractivity (Wildman–Crippen MR) is 183 cm³/mol. The fourth-order valence-corrected chi connectivity index (χ4v) is 13.0. The summed E-state index contributed by atoms with van der Waals surface area (Å²) in [5.41, 5.74) is -0.288. The first-order valence-electron chi connectivity index (χ1n) is 20.2. The van der Waals surface area contributed by atoms with Crippen LogP contribution in [0.25, 0.3) is 0 Å². The van der Waals surface area contributed by atoms with Crippen molar-refractivity contribution in [3.8, 4) is 0 Å². The summed E-state index contributed by atoms with van der Waals surface area (Å²) in [7, 11) is 0. The van der Waals surface area contributed by atoms with Crippen molar-refractivity contribution in [3.63, 3.8) is 0 Å². The molecule has 0 bridgehead atoms. The van der Waals surface area contributed by atoms with Crippen molar-refractivity contribution in [2.24, 2.45) is 52.3 Å². The summed E-state index contributed by atoms with van der Waals surface area (Å²) in [6.07, 6.45) is -7.48. The van der Waals surface area contributed by atoms with E-state index in [1.165, 1.54) is 0 Å². The molecule has 0 amide bonds. The molecule has 302 valence electrons. The maximum absolute atomic E-state index is 14.5. The molecule has 22 atom stereocenters. The van der Waals surface area contributed by atoms with Gasteiger partial charge >= 0.3 is 0 Å². The van der Waals surface area contributed by atoms with Crippen LogP contribution in [0.3, 0.4) is 0 Å².